The van der Waals surface area contributed by atoms with Crippen LogP contribution in [-0.4, -0.2) is 75.1 Å². The zero-order chi connectivity index (χ0) is 25.1. The maximum absolute atomic E-state index is 12.9. The molecule has 9 nitrogen and oxygen atoms in total. The first kappa shape index (κ1) is 25.5. The maximum Gasteiger partial charge on any atom is 0.433 e. The zero-order valence-electron chi connectivity index (χ0n) is 18.7. The summed E-state index contributed by atoms with van der Waals surface area (Å²) in [5.74, 6) is -0.173. The Hall–Kier alpha value is -3.15. The van der Waals surface area contributed by atoms with E-state index in [9.17, 15) is 22.8 Å². The zero-order valence-corrected chi connectivity index (χ0v) is 19.5. The van der Waals surface area contributed by atoms with Crippen molar-refractivity contribution in [2.24, 2.45) is 0 Å². The Bertz CT molecular complexity index is 1040. The van der Waals surface area contributed by atoms with Gasteiger partial charge in [0.15, 0.2) is 6.61 Å². The van der Waals surface area contributed by atoms with E-state index >= 15 is 0 Å². The lowest BCUT2D eigenvalue weighted by Crippen LogP contribution is -2.52. The molecule has 0 aromatic carbocycles. The number of carbonyl (C=O) groups excluding carboxylic acids is 2. The molecule has 0 saturated carbocycles. The Morgan fingerprint density at radius 2 is 1.71 bits per heavy atom. The number of alkyl halides is 3. The molecule has 1 aliphatic heterocycles. The summed E-state index contributed by atoms with van der Waals surface area (Å²) in [6.07, 6.45) is -3.83. The molecule has 1 fully saturated rings. The van der Waals surface area contributed by atoms with Crippen molar-refractivity contribution in [1.82, 2.24) is 24.8 Å². The highest BCUT2D eigenvalue weighted by Crippen LogP contribution is 2.31. The smallest absolute Gasteiger partial charge is 0.433 e. The summed E-state index contributed by atoms with van der Waals surface area (Å²) in [7, 11) is 0. The molecule has 1 aliphatic rings. The molecule has 2 aromatic rings. The summed E-state index contributed by atoms with van der Waals surface area (Å²) in [6, 6.07) is 3.63. The van der Waals surface area contributed by atoms with Crippen LogP contribution in [-0.2, 0) is 15.7 Å². The maximum atomic E-state index is 12.9. The summed E-state index contributed by atoms with van der Waals surface area (Å²) in [6.45, 7) is 6.43. The number of hydrogen-bond acceptors (Lipinski definition) is 7. The molecule has 3 rings (SSSR count). The third-order valence-electron chi connectivity index (χ3n) is 4.65. The molecule has 0 unspecified atom stereocenters. The third-order valence-corrected chi connectivity index (χ3v) is 4.82. The van der Waals surface area contributed by atoms with E-state index in [0.29, 0.717) is 26.2 Å². The van der Waals surface area contributed by atoms with Gasteiger partial charge in [-0.1, -0.05) is 0 Å². The first-order chi connectivity index (χ1) is 15.8. The fourth-order valence-corrected chi connectivity index (χ4v) is 3.20. The van der Waals surface area contributed by atoms with Gasteiger partial charge in [-0.2, -0.15) is 13.2 Å². The van der Waals surface area contributed by atoms with Crippen LogP contribution in [0.4, 0.5) is 18.0 Å². The fraction of sp³-hybridized carbons (Fsp3) is 0.476. The highest BCUT2D eigenvalue weighted by molar-refractivity contribution is 6.28. The van der Waals surface area contributed by atoms with Gasteiger partial charge in [-0.05, 0) is 44.5 Å². The van der Waals surface area contributed by atoms with E-state index in [1.807, 2.05) is 0 Å². The van der Waals surface area contributed by atoms with Crippen LogP contribution in [0.1, 0.15) is 26.5 Å². The van der Waals surface area contributed by atoms with Crippen molar-refractivity contribution in [2.75, 3.05) is 32.8 Å². The number of piperazine rings is 1. The molecule has 0 spiro atoms. The molecule has 0 aliphatic carbocycles. The Morgan fingerprint density at radius 3 is 2.26 bits per heavy atom. The number of amides is 2. The first-order valence-corrected chi connectivity index (χ1v) is 10.7. The Balaban J connectivity index is 1.53. The largest absolute Gasteiger partial charge is 0.468 e. The quantitative estimate of drug-likeness (QED) is 0.589. The number of halogens is 4. The minimum Gasteiger partial charge on any atom is -0.468 e. The lowest BCUT2D eigenvalue weighted by Gasteiger charge is -2.35. The van der Waals surface area contributed by atoms with Gasteiger partial charge in [0, 0.05) is 44.0 Å². The number of pyridine rings is 1. The number of nitrogens with zero attached hydrogens (tertiary/aromatic N) is 5. The van der Waals surface area contributed by atoms with Crippen molar-refractivity contribution < 1.29 is 32.2 Å². The standard InChI is InChI=1S/C21H23ClF3N5O4/c1-20(2,3)34-19(32)30-8-6-29(7-9-30)17(31)12-33-16-5-4-13(11-26-16)14-10-15(21(23,24)25)28-18(22)27-14/h4-5,10-11H,6-9,12H2,1-3H3. The average molecular weight is 502 g/mol. The number of carbonyl (C=O) groups is 2. The number of aromatic nitrogens is 3. The molecule has 0 radical (unpaired) electrons. The topological polar surface area (TPSA) is 97.8 Å². The lowest BCUT2D eigenvalue weighted by atomic mass is 10.2. The van der Waals surface area contributed by atoms with Gasteiger partial charge in [-0.3, -0.25) is 4.79 Å². The summed E-state index contributed by atoms with van der Waals surface area (Å²) >= 11 is 5.61. The van der Waals surface area contributed by atoms with E-state index < -0.39 is 28.8 Å². The van der Waals surface area contributed by atoms with Crippen LogP contribution in [0, 0.1) is 0 Å². The molecule has 0 bridgehead atoms. The second-order valence-electron chi connectivity index (χ2n) is 8.43. The van der Waals surface area contributed by atoms with E-state index in [1.54, 1.807) is 30.6 Å². The molecule has 184 valence electrons. The van der Waals surface area contributed by atoms with Crippen LogP contribution in [0.2, 0.25) is 5.28 Å². The van der Waals surface area contributed by atoms with E-state index in [0.717, 1.165) is 6.07 Å². The highest BCUT2D eigenvalue weighted by atomic mass is 35.5. The Morgan fingerprint density at radius 1 is 1.06 bits per heavy atom. The second kappa shape index (κ2) is 10.00. The van der Waals surface area contributed by atoms with E-state index in [4.69, 9.17) is 21.1 Å². The molecule has 13 heteroatoms. The van der Waals surface area contributed by atoms with E-state index in [1.165, 1.54) is 18.3 Å². The highest BCUT2D eigenvalue weighted by Gasteiger charge is 2.33. The van der Waals surface area contributed by atoms with Crippen LogP contribution >= 0.6 is 11.6 Å². The molecule has 2 aromatic heterocycles. The molecule has 3 heterocycles. The van der Waals surface area contributed by atoms with Gasteiger partial charge in [0.2, 0.25) is 11.2 Å². The van der Waals surface area contributed by atoms with Crippen molar-refractivity contribution in [2.45, 2.75) is 32.5 Å². The molecule has 2 amide bonds. The van der Waals surface area contributed by atoms with Gasteiger partial charge in [-0.25, -0.2) is 19.7 Å². The number of ether oxygens (including phenoxy) is 2. The SMILES string of the molecule is CC(C)(C)OC(=O)N1CCN(C(=O)COc2ccc(-c3cc(C(F)(F)F)nc(Cl)n3)cn2)CC1. The predicted molar refractivity (Wildman–Crippen MR) is 115 cm³/mol. The number of hydrogen-bond donors (Lipinski definition) is 0. The van der Waals surface area contributed by atoms with Crippen molar-refractivity contribution in [3.63, 3.8) is 0 Å². The van der Waals surface area contributed by atoms with Crippen LogP contribution in [0.25, 0.3) is 11.3 Å². The van der Waals surface area contributed by atoms with Gasteiger partial charge >= 0.3 is 12.3 Å². The lowest BCUT2D eigenvalue weighted by molar-refractivity contribution is -0.141. The van der Waals surface area contributed by atoms with Gasteiger partial charge in [0.1, 0.15) is 11.3 Å². The second-order valence-corrected chi connectivity index (χ2v) is 8.77. The van der Waals surface area contributed by atoms with Crippen LogP contribution in [0.5, 0.6) is 5.88 Å². The van der Waals surface area contributed by atoms with Gasteiger partial charge in [0.25, 0.3) is 5.91 Å². The minimum absolute atomic E-state index is 0.0506. The van der Waals surface area contributed by atoms with E-state index in [2.05, 4.69) is 15.0 Å². The van der Waals surface area contributed by atoms with Crippen molar-refractivity contribution in [3.05, 3.63) is 35.4 Å². The summed E-state index contributed by atoms with van der Waals surface area (Å²) in [5.41, 5.74) is -1.54. The molecular weight excluding hydrogens is 479 g/mol. The Kier molecular flexibility index (Phi) is 7.49. The minimum atomic E-state index is -4.67. The van der Waals surface area contributed by atoms with Gasteiger partial charge in [0.05, 0.1) is 5.69 Å². The molecule has 0 N–H and O–H groups in total. The first-order valence-electron chi connectivity index (χ1n) is 10.3. The van der Waals surface area contributed by atoms with Gasteiger partial charge < -0.3 is 19.3 Å². The van der Waals surface area contributed by atoms with Crippen LogP contribution < -0.4 is 4.74 Å². The van der Waals surface area contributed by atoms with Crippen LogP contribution in [0.15, 0.2) is 24.4 Å². The fourth-order valence-electron chi connectivity index (χ4n) is 3.02. The summed E-state index contributed by atoms with van der Waals surface area (Å²) in [4.78, 5) is 38.7. The Labute approximate surface area is 198 Å². The van der Waals surface area contributed by atoms with Crippen molar-refractivity contribution >= 4 is 23.6 Å². The summed E-state index contributed by atoms with van der Waals surface area (Å²) in [5, 5.41) is -0.539. The average Bonchev–Trinajstić information content (AvgIpc) is 2.76. The molecule has 34 heavy (non-hydrogen) atoms. The third kappa shape index (κ3) is 6.92. The monoisotopic (exact) mass is 501 g/mol. The molecule has 0 atom stereocenters. The predicted octanol–water partition coefficient (Wildman–Crippen LogP) is 3.67. The van der Waals surface area contributed by atoms with Crippen molar-refractivity contribution in [3.8, 4) is 17.1 Å². The van der Waals surface area contributed by atoms with Crippen LogP contribution in [0.3, 0.4) is 0 Å². The van der Waals surface area contributed by atoms with Crippen molar-refractivity contribution in [1.29, 1.82) is 0 Å². The molecule has 1 saturated heterocycles. The molecular formula is C21H23ClF3N5O4. The van der Waals surface area contributed by atoms with E-state index in [-0.39, 0.29) is 29.7 Å². The number of rotatable bonds is 4. The normalized spacial score (nSPS) is 14.7. The van der Waals surface area contributed by atoms with Gasteiger partial charge in [-0.15, -0.1) is 0 Å². The summed E-state index contributed by atoms with van der Waals surface area (Å²) < 4.78 is 49.5.